The number of ketones is 1. The summed E-state index contributed by atoms with van der Waals surface area (Å²) in [6.07, 6.45) is -1.40. The van der Waals surface area contributed by atoms with E-state index >= 15 is 0 Å². The monoisotopic (exact) mass is 938 g/mol. The highest BCUT2D eigenvalue weighted by molar-refractivity contribution is 7.59. The van der Waals surface area contributed by atoms with Crippen molar-refractivity contribution in [1.82, 2.24) is 14.9 Å². The van der Waals surface area contributed by atoms with Crippen molar-refractivity contribution in [2.75, 3.05) is 19.0 Å². The number of ether oxygens (including phenoxy) is 3. The second-order valence-corrected chi connectivity index (χ2v) is 22.5. The number of aromatic nitrogens is 2. The van der Waals surface area contributed by atoms with Gasteiger partial charge in [0.15, 0.2) is 10.9 Å². The smallest absolute Gasteiger partial charge is 0.416 e. The van der Waals surface area contributed by atoms with Crippen molar-refractivity contribution in [3.05, 3.63) is 77.7 Å². The van der Waals surface area contributed by atoms with Gasteiger partial charge < -0.3 is 29.3 Å². The normalized spacial score (nSPS) is 22.7. The van der Waals surface area contributed by atoms with Crippen LogP contribution in [0.5, 0.6) is 11.5 Å². The molecule has 350 valence electrons. The Bertz CT molecular complexity index is 2470. The van der Waals surface area contributed by atoms with Crippen LogP contribution in [0.3, 0.4) is 0 Å². The number of Topliss-reactive ketones (excluding diaryl/α,β-unsaturated/α-hetero) is 1. The Labute approximate surface area is 381 Å². The topological polar surface area (TPSA) is 157 Å². The van der Waals surface area contributed by atoms with Crippen molar-refractivity contribution in [2.45, 2.75) is 128 Å². The third-order valence-corrected chi connectivity index (χ3v) is 16.6. The van der Waals surface area contributed by atoms with Crippen LogP contribution in [0.1, 0.15) is 97.1 Å². The Morgan fingerprint density at radius 2 is 1.75 bits per heavy atom. The molecule has 1 amide bonds. The quantitative estimate of drug-likeness (QED) is 0.0590. The molecular weight excluding hydrogens is 881 g/mol. The molecule has 3 heterocycles. The van der Waals surface area contributed by atoms with E-state index in [9.17, 15) is 37.0 Å². The van der Waals surface area contributed by atoms with E-state index in [1.165, 1.54) is 34.4 Å². The summed E-state index contributed by atoms with van der Waals surface area (Å²) in [5, 5.41) is 5.13. The maximum atomic E-state index is 15.0. The second-order valence-electron chi connectivity index (χ2n) is 19.1. The summed E-state index contributed by atoms with van der Waals surface area (Å²) in [6.45, 7) is 13.4. The third kappa shape index (κ3) is 10.8. The predicted molar refractivity (Wildman–Crippen MR) is 244 cm³/mol. The summed E-state index contributed by atoms with van der Waals surface area (Å²) >= 11 is 1.44. The molecule has 2 aromatic heterocycles. The second kappa shape index (κ2) is 18.8. The van der Waals surface area contributed by atoms with Crippen LogP contribution in [-0.4, -0.2) is 80.5 Å². The number of methoxy groups -OCH3 is 1. The van der Waals surface area contributed by atoms with Gasteiger partial charge >= 0.3 is 12.1 Å². The van der Waals surface area contributed by atoms with Crippen molar-refractivity contribution < 1.29 is 51.2 Å². The lowest BCUT2D eigenvalue weighted by atomic mass is 9.77. The molecule has 7 rings (SSSR count). The van der Waals surface area contributed by atoms with Gasteiger partial charge in [0.2, 0.25) is 13.3 Å². The zero-order valence-corrected chi connectivity index (χ0v) is 39.4. The number of carbonyl (C=O) groups is 3. The van der Waals surface area contributed by atoms with Crippen molar-refractivity contribution in [1.29, 1.82) is 0 Å². The van der Waals surface area contributed by atoms with Gasteiger partial charge in [-0.1, -0.05) is 39.0 Å². The number of allylic oxidation sites excluding steroid dienone is 1. The molecule has 6 atom stereocenters. The molecule has 3 fully saturated rings. The molecule has 12 nitrogen and oxygen atoms in total. The molecule has 2 aliphatic carbocycles. The average molecular weight is 939 g/mol. The first kappa shape index (κ1) is 48.2. The van der Waals surface area contributed by atoms with Crippen LogP contribution < -0.4 is 14.8 Å². The number of alkyl halides is 3. The van der Waals surface area contributed by atoms with Crippen LogP contribution in [0.15, 0.2) is 66.6 Å². The van der Waals surface area contributed by atoms with E-state index < -0.39 is 77.5 Å². The zero-order chi connectivity index (χ0) is 47.1. The molecule has 3 aliphatic rings. The number of likely N-dealkylation sites (tertiary alicyclic amines) is 1. The standard InChI is InChI=1S/C48H58F3N4O8PS/c1-8-30-23-47(30,64(59,60)26-29-13-15-31(16-14-29)48(49,50)51)24-41(56)40-20-34(25-55(40)44(58)36(46(4,5)6)21-43(57)63-32-11-9-10-12-32)62-42-22-38(39-27-65-45(54-39)52-28(2)3)53-37-19-33(61-7)17-18-35(37)42/h8,13-19,22,27-28,30,32,34,36,40H,1,9-12,20-21,23-26H2,2-7H3,(H,52,54)(H,59,60)/t30-,34-,36-,40+,47-/m1/s1. The average Bonchev–Trinajstić information content (AvgIpc) is 3.63. The summed E-state index contributed by atoms with van der Waals surface area (Å²) in [6, 6.07) is 10.3. The number of carbonyl (C=O) groups excluding carboxylic acids is 3. The number of nitrogens with zero attached hydrogens (tertiary/aromatic N) is 3. The van der Waals surface area contributed by atoms with E-state index in [0.29, 0.717) is 33.8 Å². The number of thiazole rings is 1. The number of anilines is 1. The molecule has 2 N–H and O–H groups in total. The van der Waals surface area contributed by atoms with Crippen LogP contribution in [0.2, 0.25) is 0 Å². The SMILES string of the molecule is C=C[C@@H]1C[C@]1(CC(=O)[C@@H]1C[C@@H](Oc2cc(-c3csc(NC(C)C)n3)nc3cc(OC)ccc23)CN1C(=O)[C@@H](CC(=O)OC1CCCC1)C(C)(C)C)P(=O)(O)Cc1ccc(C(F)(F)F)cc1. The van der Waals surface area contributed by atoms with Crippen LogP contribution in [0, 0.1) is 17.3 Å². The van der Waals surface area contributed by atoms with Gasteiger partial charge in [-0.05, 0) is 87.1 Å². The van der Waals surface area contributed by atoms with Gasteiger partial charge in [0.05, 0.1) is 60.1 Å². The zero-order valence-electron chi connectivity index (χ0n) is 37.7. The van der Waals surface area contributed by atoms with Gasteiger partial charge in [0.1, 0.15) is 29.4 Å². The third-order valence-electron chi connectivity index (χ3n) is 12.9. The van der Waals surface area contributed by atoms with Gasteiger partial charge in [-0.15, -0.1) is 17.9 Å². The number of hydrogen-bond donors (Lipinski definition) is 2. The van der Waals surface area contributed by atoms with Gasteiger partial charge in [-0.3, -0.25) is 18.9 Å². The first-order valence-electron chi connectivity index (χ1n) is 22.1. The predicted octanol–water partition coefficient (Wildman–Crippen LogP) is 10.5. The number of amides is 1. The number of halogens is 3. The minimum Gasteiger partial charge on any atom is -0.497 e. The minimum absolute atomic E-state index is 0.0336. The van der Waals surface area contributed by atoms with Crippen LogP contribution in [-0.2, 0) is 36.0 Å². The summed E-state index contributed by atoms with van der Waals surface area (Å²) < 4.78 is 72.6. The van der Waals surface area contributed by atoms with Crippen molar-refractivity contribution in [2.24, 2.45) is 17.3 Å². The summed E-state index contributed by atoms with van der Waals surface area (Å²) in [5.74, 6) is -1.80. The molecule has 1 aliphatic heterocycles. The molecule has 0 bridgehead atoms. The Hall–Kier alpha value is -4.79. The number of rotatable bonds is 17. The molecule has 2 aromatic carbocycles. The number of hydrogen-bond acceptors (Lipinski definition) is 11. The number of esters is 1. The number of pyridine rings is 1. The van der Waals surface area contributed by atoms with Crippen molar-refractivity contribution in [3.63, 3.8) is 0 Å². The van der Waals surface area contributed by atoms with E-state index in [-0.39, 0.29) is 49.9 Å². The fourth-order valence-electron chi connectivity index (χ4n) is 9.20. The highest BCUT2D eigenvalue weighted by Gasteiger charge is 2.65. The van der Waals surface area contributed by atoms with Gasteiger partial charge in [0, 0.05) is 41.8 Å². The molecule has 0 spiro atoms. The Kier molecular flexibility index (Phi) is 14.0. The summed E-state index contributed by atoms with van der Waals surface area (Å²) in [5.41, 5.74) is 0.299. The lowest BCUT2D eigenvalue weighted by Crippen LogP contribution is -2.48. The van der Waals surface area contributed by atoms with Gasteiger partial charge in [-0.2, -0.15) is 13.2 Å². The fraction of sp³-hybridized carbons (Fsp3) is 0.521. The first-order valence-corrected chi connectivity index (χ1v) is 24.8. The Morgan fingerprint density at radius 3 is 2.37 bits per heavy atom. The lowest BCUT2D eigenvalue weighted by Gasteiger charge is -2.35. The van der Waals surface area contributed by atoms with Crippen LogP contribution >= 0.6 is 18.7 Å². The number of fused-ring (bicyclic) bond motifs is 1. The van der Waals surface area contributed by atoms with Crippen molar-refractivity contribution >= 4 is 52.4 Å². The van der Waals surface area contributed by atoms with Crippen LogP contribution in [0.25, 0.3) is 22.3 Å². The largest absolute Gasteiger partial charge is 0.497 e. The van der Waals surface area contributed by atoms with E-state index in [1.807, 2.05) is 46.1 Å². The summed E-state index contributed by atoms with van der Waals surface area (Å²) in [4.78, 5) is 66.2. The molecule has 2 saturated carbocycles. The molecule has 0 radical (unpaired) electrons. The minimum atomic E-state index is -4.58. The van der Waals surface area contributed by atoms with Gasteiger partial charge in [-0.25, -0.2) is 9.97 Å². The summed E-state index contributed by atoms with van der Waals surface area (Å²) in [7, 11) is -2.74. The first-order chi connectivity index (χ1) is 30.6. The molecule has 4 aromatic rings. The highest BCUT2D eigenvalue weighted by Crippen LogP contribution is 2.74. The van der Waals surface area contributed by atoms with Crippen LogP contribution in [0.4, 0.5) is 18.3 Å². The number of nitrogens with one attached hydrogen (secondary N) is 1. The number of benzene rings is 2. The molecular formula is C48H58F3N4O8PS. The Morgan fingerprint density at radius 1 is 1.05 bits per heavy atom. The van der Waals surface area contributed by atoms with E-state index in [4.69, 9.17) is 24.2 Å². The van der Waals surface area contributed by atoms with E-state index in [1.54, 1.807) is 25.3 Å². The fourth-order valence-corrected chi connectivity index (χ4v) is 12.6. The van der Waals surface area contributed by atoms with Gasteiger partial charge in [0.25, 0.3) is 0 Å². The Balaban J connectivity index is 1.21. The van der Waals surface area contributed by atoms with Crippen molar-refractivity contribution in [3.8, 4) is 22.9 Å². The van der Waals surface area contributed by atoms with E-state index in [2.05, 4.69) is 11.9 Å². The molecule has 65 heavy (non-hydrogen) atoms. The maximum Gasteiger partial charge on any atom is 0.416 e. The lowest BCUT2D eigenvalue weighted by molar-refractivity contribution is -0.156. The molecule has 1 saturated heterocycles. The highest BCUT2D eigenvalue weighted by atomic mass is 32.1. The molecule has 17 heteroatoms. The maximum absolute atomic E-state index is 15.0. The molecule has 1 unspecified atom stereocenters. The van der Waals surface area contributed by atoms with E-state index in [0.717, 1.165) is 42.9 Å².